The van der Waals surface area contributed by atoms with Crippen molar-refractivity contribution in [3.63, 3.8) is 0 Å². The lowest BCUT2D eigenvalue weighted by Crippen LogP contribution is -2.15. The highest BCUT2D eigenvalue weighted by atomic mass is 16.5. The van der Waals surface area contributed by atoms with Crippen LogP contribution >= 0.6 is 0 Å². The summed E-state index contributed by atoms with van der Waals surface area (Å²) >= 11 is 0. The van der Waals surface area contributed by atoms with Crippen LogP contribution in [-0.4, -0.2) is 11.9 Å². The summed E-state index contributed by atoms with van der Waals surface area (Å²) < 4.78 is 10.5. The number of rotatable bonds is 3. The van der Waals surface area contributed by atoms with Gasteiger partial charge in [0.1, 0.15) is 11.5 Å². The SMILES string of the molecule is CC(=O)Oc1ccc(C(=O)OC2=C3C=C4CC=CC4(C=C2)C3)cc1. The molecule has 0 aliphatic heterocycles. The van der Waals surface area contributed by atoms with E-state index in [1.165, 1.54) is 12.5 Å². The third kappa shape index (κ3) is 2.40. The molecule has 0 aromatic heterocycles. The summed E-state index contributed by atoms with van der Waals surface area (Å²) in [6.45, 7) is 1.33. The van der Waals surface area contributed by atoms with Gasteiger partial charge in [-0.15, -0.1) is 0 Å². The molecule has 3 aliphatic rings. The Morgan fingerprint density at radius 1 is 1.08 bits per heavy atom. The molecule has 0 radical (unpaired) electrons. The van der Waals surface area contributed by atoms with Gasteiger partial charge in [-0.05, 0) is 48.8 Å². The molecule has 0 saturated carbocycles. The van der Waals surface area contributed by atoms with E-state index in [0.717, 1.165) is 18.4 Å². The van der Waals surface area contributed by atoms with E-state index >= 15 is 0 Å². The molecule has 4 rings (SSSR count). The highest BCUT2D eigenvalue weighted by molar-refractivity contribution is 5.90. The minimum Gasteiger partial charge on any atom is -0.427 e. The van der Waals surface area contributed by atoms with Crippen molar-refractivity contribution < 1.29 is 19.1 Å². The van der Waals surface area contributed by atoms with E-state index in [1.807, 2.05) is 6.08 Å². The Hall–Kier alpha value is -2.88. The number of hydrogen-bond acceptors (Lipinski definition) is 4. The summed E-state index contributed by atoms with van der Waals surface area (Å²) in [6.07, 6.45) is 12.4. The number of ether oxygens (including phenoxy) is 2. The maximum Gasteiger partial charge on any atom is 0.343 e. The van der Waals surface area contributed by atoms with Crippen LogP contribution < -0.4 is 4.74 Å². The molecule has 1 atom stereocenters. The standard InChI is InChI=1S/C20H16O4/c1-13(21)23-17-6-4-14(5-7-17)19(22)24-18-8-10-20-9-2-3-16(20)11-15(18)12-20/h2,4-11H,3,12H2,1H3. The summed E-state index contributed by atoms with van der Waals surface area (Å²) in [4.78, 5) is 23.2. The van der Waals surface area contributed by atoms with Crippen molar-refractivity contribution in [2.75, 3.05) is 0 Å². The van der Waals surface area contributed by atoms with Gasteiger partial charge in [0.05, 0.1) is 5.56 Å². The Labute approximate surface area is 139 Å². The molecule has 4 heteroatoms. The summed E-state index contributed by atoms with van der Waals surface area (Å²) in [5.74, 6) is 0.205. The fourth-order valence-corrected chi connectivity index (χ4v) is 3.43. The van der Waals surface area contributed by atoms with Gasteiger partial charge >= 0.3 is 11.9 Å². The maximum atomic E-state index is 12.3. The molecular weight excluding hydrogens is 304 g/mol. The van der Waals surface area contributed by atoms with Gasteiger partial charge in [0, 0.05) is 12.3 Å². The predicted octanol–water partition coefficient (Wildman–Crippen LogP) is 3.87. The number of allylic oxidation sites excluding steroid dienone is 7. The first-order valence-corrected chi connectivity index (χ1v) is 7.88. The largest absolute Gasteiger partial charge is 0.427 e. The third-order valence-corrected chi connectivity index (χ3v) is 4.59. The Morgan fingerprint density at radius 3 is 2.62 bits per heavy atom. The van der Waals surface area contributed by atoms with Crippen molar-refractivity contribution in [2.24, 2.45) is 5.41 Å². The van der Waals surface area contributed by atoms with E-state index in [0.29, 0.717) is 17.1 Å². The average molecular weight is 320 g/mol. The zero-order chi connectivity index (χ0) is 16.7. The molecule has 3 aliphatic carbocycles. The maximum absolute atomic E-state index is 12.3. The molecule has 24 heavy (non-hydrogen) atoms. The first kappa shape index (κ1) is 14.7. The molecule has 2 bridgehead atoms. The van der Waals surface area contributed by atoms with Crippen LogP contribution in [0.4, 0.5) is 0 Å². The topological polar surface area (TPSA) is 52.6 Å². The van der Waals surface area contributed by atoms with Crippen molar-refractivity contribution in [1.29, 1.82) is 0 Å². The van der Waals surface area contributed by atoms with Crippen molar-refractivity contribution in [2.45, 2.75) is 19.8 Å². The van der Waals surface area contributed by atoms with Crippen LogP contribution in [0.1, 0.15) is 30.1 Å². The number of carbonyl (C=O) groups excluding carboxylic acids is 2. The average Bonchev–Trinajstić information content (AvgIpc) is 3.04. The second kappa shape index (κ2) is 5.34. The Morgan fingerprint density at radius 2 is 1.88 bits per heavy atom. The van der Waals surface area contributed by atoms with Gasteiger partial charge in [-0.25, -0.2) is 4.79 Å². The molecule has 0 amide bonds. The van der Waals surface area contributed by atoms with Crippen molar-refractivity contribution in [3.05, 3.63) is 77.1 Å². The summed E-state index contributed by atoms with van der Waals surface area (Å²) in [5.41, 5.74) is 2.88. The molecule has 1 aromatic rings. The number of benzene rings is 1. The molecule has 4 nitrogen and oxygen atoms in total. The van der Waals surface area contributed by atoms with Gasteiger partial charge in [-0.2, -0.15) is 0 Å². The van der Waals surface area contributed by atoms with Crippen molar-refractivity contribution in [3.8, 4) is 5.75 Å². The monoisotopic (exact) mass is 320 g/mol. The van der Waals surface area contributed by atoms with Crippen LogP contribution in [0.3, 0.4) is 0 Å². The van der Waals surface area contributed by atoms with Gasteiger partial charge in [0.25, 0.3) is 0 Å². The van der Waals surface area contributed by atoms with Crippen molar-refractivity contribution in [1.82, 2.24) is 0 Å². The second-order valence-electron chi connectivity index (χ2n) is 6.22. The van der Waals surface area contributed by atoms with E-state index in [1.54, 1.807) is 24.3 Å². The van der Waals surface area contributed by atoms with Crippen LogP contribution in [0.25, 0.3) is 0 Å². The number of hydrogen-bond donors (Lipinski definition) is 0. The van der Waals surface area contributed by atoms with Gasteiger partial charge in [-0.3, -0.25) is 4.79 Å². The smallest absolute Gasteiger partial charge is 0.343 e. The van der Waals surface area contributed by atoms with E-state index in [4.69, 9.17) is 9.47 Å². The minimum absolute atomic E-state index is 0.0247. The second-order valence-corrected chi connectivity index (χ2v) is 6.22. The Balaban J connectivity index is 1.50. The lowest BCUT2D eigenvalue weighted by molar-refractivity contribution is -0.131. The molecular formula is C20H16O4. The molecule has 0 fully saturated rings. The van der Waals surface area contributed by atoms with E-state index in [-0.39, 0.29) is 5.41 Å². The Kier molecular flexibility index (Phi) is 3.27. The van der Waals surface area contributed by atoms with Gasteiger partial charge in [0.2, 0.25) is 0 Å². The minimum atomic E-state index is -0.418. The van der Waals surface area contributed by atoms with Crippen LogP contribution in [-0.2, 0) is 9.53 Å². The third-order valence-electron chi connectivity index (χ3n) is 4.59. The van der Waals surface area contributed by atoms with Crippen LogP contribution in [0.5, 0.6) is 5.75 Å². The van der Waals surface area contributed by atoms with Gasteiger partial charge in [-0.1, -0.05) is 29.9 Å². The summed E-state index contributed by atoms with van der Waals surface area (Å²) in [5, 5.41) is 0. The number of carbonyl (C=O) groups is 2. The normalized spacial score (nSPS) is 23.1. The van der Waals surface area contributed by atoms with Crippen LogP contribution in [0.2, 0.25) is 0 Å². The highest BCUT2D eigenvalue weighted by Gasteiger charge is 2.40. The van der Waals surface area contributed by atoms with Gasteiger partial charge in [0.15, 0.2) is 0 Å². The molecule has 0 N–H and O–H groups in total. The summed E-state index contributed by atoms with van der Waals surface area (Å²) in [6, 6.07) is 6.33. The van der Waals surface area contributed by atoms with Gasteiger partial charge < -0.3 is 9.47 Å². The van der Waals surface area contributed by atoms with Crippen LogP contribution in [0, 0.1) is 5.41 Å². The molecule has 0 saturated heterocycles. The fraction of sp³-hybridized carbons (Fsp3) is 0.200. The first-order valence-electron chi connectivity index (χ1n) is 7.88. The quantitative estimate of drug-likeness (QED) is 0.482. The molecule has 1 unspecified atom stereocenters. The van der Waals surface area contributed by atoms with Crippen molar-refractivity contribution >= 4 is 11.9 Å². The molecule has 0 heterocycles. The number of fused-ring (bicyclic) bond motifs is 1. The predicted molar refractivity (Wildman–Crippen MR) is 88.2 cm³/mol. The van der Waals surface area contributed by atoms with E-state index < -0.39 is 11.9 Å². The first-order chi connectivity index (χ1) is 11.6. The molecule has 1 aromatic carbocycles. The molecule has 120 valence electrons. The lowest BCUT2D eigenvalue weighted by Gasteiger charge is -2.24. The van der Waals surface area contributed by atoms with Crippen LogP contribution in [0.15, 0.2) is 71.6 Å². The van der Waals surface area contributed by atoms with E-state index in [2.05, 4.69) is 24.3 Å². The highest BCUT2D eigenvalue weighted by Crippen LogP contribution is 2.52. The Bertz CT molecular complexity index is 852. The zero-order valence-electron chi connectivity index (χ0n) is 13.2. The zero-order valence-corrected chi connectivity index (χ0v) is 13.2. The lowest BCUT2D eigenvalue weighted by atomic mass is 9.81. The van der Waals surface area contributed by atoms with E-state index in [9.17, 15) is 9.59 Å². The number of esters is 2. The summed E-state index contributed by atoms with van der Waals surface area (Å²) in [7, 11) is 0. The molecule has 1 spiro atoms. The fourth-order valence-electron chi connectivity index (χ4n) is 3.43.